The lowest BCUT2D eigenvalue weighted by molar-refractivity contribution is -0.125. The lowest BCUT2D eigenvalue weighted by atomic mass is 9.84. The Balaban J connectivity index is 1.90. The number of likely N-dealkylation sites (N-methyl/N-ethyl adjacent to an activating group) is 1. The van der Waals surface area contributed by atoms with Crippen molar-refractivity contribution in [2.45, 2.75) is 36.2 Å². The largest absolute Gasteiger partial charge is 0.368 e. The van der Waals surface area contributed by atoms with E-state index in [-0.39, 0.29) is 5.91 Å². The van der Waals surface area contributed by atoms with Gasteiger partial charge in [0, 0.05) is 10.7 Å². The summed E-state index contributed by atoms with van der Waals surface area (Å²) >= 11 is 5.10. The van der Waals surface area contributed by atoms with Gasteiger partial charge in [-0.2, -0.15) is 0 Å². The van der Waals surface area contributed by atoms with Crippen LogP contribution in [0.1, 0.15) is 25.7 Å². The molecular weight excluding hydrogens is 338 g/mol. The highest BCUT2D eigenvalue weighted by atomic mass is 79.9. The number of rotatable bonds is 6. The molecule has 1 aromatic heterocycles. The smallest absolute Gasteiger partial charge is 0.238 e. The average molecular weight is 358 g/mol. The summed E-state index contributed by atoms with van der Waals surface area (Å²) < 4.78 is 0.987. The number of amides is 1. The first kappa shape index (κ1) is 15.8. The molecule has 1 aliphatic carbocycles. The predicted molar refractivity (Wildman–Crippen MR) is 85.6 cm³/mol. The van der Waals surface area contributed by atoms with Gasteiger partial charge in [-0.1, -0.05) is 6.42 Å². The van der Waals surface area contributed by atoms with E-state index in [1.54, 1.807) is 18.0 Å². The Morgan fingerprint density at radius 2 is 2.45 bits per heavy atom. The fourth-order valence-electron chi connectivity index (χ4n) is 3.00. The molecule has 0 radical (unpaired) electrons. The molecular formula is C14H20BrN3OS. The van der Waals surface area contributed by atoms with E-state index in [1.807, 2.05) is 19.2 Å². The van der Waals surface area contributed by atoms with Crippen LogP contribution < -0.4 is 11.1 Å². The minimum absolute atomic E-state index is 0.214. The summed E-state index contributed by atoms with van der Waals surface area (Å²) in [5.74, 6) is 1.07. The molecule has 1 aliphatic rings. The van der Waals surface area contributed by atoms with Crippen LogP contribution in [0.15, 0.2) is 27.8 Å². The first-order chi connectivity index (χ1) is 9.58. The van der Waals surface area contributed by atoms with E-state index in [2.05, 4.69) is 26.2 Å². The van der Waals surface area contributed by atoms with Crippen LogP contribution >= 0.6 is 27.7 Å². The second kappa shape index (κ2) is 6.91. The molecule has 20 heavy (non-hydrogen) atoms. The topological polar surface area (TPSA) is 68.0 Å². The molecule has 6 heteroatoms. The van der Waals surface area contributed by atoms with Gasteiger partial charge in [-0.3, -0.25) is 4.79 Å². The second-order valence-electron chi connectivity index (χ2n) is 5.13. The normalized spacial score (nSPS) is 25.8. The molecule has 1 saturated carbocycles. The third kappa shape index (κ3) is 3.35. The Kier molecular flexibility index (Phi) is 5.46. The first-order valence-corrected chi connectivity index (χ1v) is 8.59. The standard InChI is InChI=1S/C14H20BrN3OS/c1-17-14(13(16)19)7-2-3-10(14)6-8-20-12-5-4-11(15)9-18-12/h4-5,9-10,17H,2-3,6-8H2,1H3,(H2,16,19). The van der Waals surface area contributed by atoms with Gasteiger partial charge in [-0.05, 0) is 66.0 Å². The van der Waals surface area contributed by atoms with Crippen LogP contribution in [0.25, 0.3) is 0 Å². The third-order valence-corrected chi connectivity index (χ3v) is 5.57. The zero-order valence-electron chi connectivity index (χ0n) is 11.6. The zero-order valence-corrected chi connectivity index (χ0v) is 14.0. The molecule has 0 saturated heterocycles. The molecule has 1 amide bonds. The lowest BCUT2D eigenvalue weighted by Crippen LogP contribution is -2.56. The van der Waals surface area contributed by atoms with Gasteiger partial charge in [-0.15, -0.1) is 11.8 Å². The number of nitrogens with two attached hydrogens (primary N) is 1. The first-order valence-electron chi connectivity index (χ1n) is 6.81. The van der Waals surface area contributed by atoms with E-state index in [4.69, 9.17) is 5.73 Å². The van der Waals surface area contributed by atoms with Gasteiger partial charge in [0.15, 0.2) is 0 Å². The van der Waals surface area contributed by atoms with Crippen molar-refractivity contribution in [1.29, 1.82) is 0 Å². The van der Waals surface area contributed by atoms with Crippen molar-refractivity contribution in [3.05, 3.63) is 22.8 Å². The number of aromatic nitrogens is 1. The van der Waals surface area contributed by atoms with Crippen molar-refractivity contribution in [2.75, 3.05) is 12.8 Å². The zero-order chi connectivity index (χ0) is 14.6. The van der Waals surface area contributed by atoms with Gasteiger partial charge >= 0.3 is 0 Å². The molecule has 2 unspecified atom stereocenters. The molecule has 2 rings (SSSR count). The molecule has 0 aromatic carbocycles. The van der Waals surface area contributed by atoms with Crippen LogP contribution in [0.5, 0.6) is 0 Å². The van der Waals surface area contributed by atoms with Crippen LogP contribution in [0.4, 0.5) is 0 Å². The van der Waals surface area contributed by atoms with Crippen LogP contribution in [-0.4, -0.2) is 29.2 Å². The van der Waals surface area contributed by atoms with Crippen molar-refractivity contribution < 1.29 is 4.79 Å². The molecule has 0 aliphatic heterocycles. The molecule has 2 atom stereocenters. The summed E-state index contributed by atoms with van der Waals surface area (Å²) in [7, 11) is 1.84. The van der Waals surface area contributed by atoms with Crippen molar-refractivity contribution in [3.8, 4) is 0 Å². The highest BCUT2D eigenvalue weighted by Gasteiger charge is 2.45. The number of primary amides is 1. The number of nitrogens with one attached hydrogen (secondary N) is 1. The van der Waals surface area contributed by atoms with Gasteiger partial charge in [0.25, 0.3) is 0 Å². The van der Waals surface area contributed by atoms with Gasteiger partial charge in [0.2, 0.25) is 5.91 Å². The van der Waals surface area contributed by atoms with E-state index in [0.717, 1.165) is 40.9 Å². The van der Waals surface area contributed by atoms with Gasteiger partial charge in [0.1, 0.15) is 5.54 Å². The Labute approximate surface area is 132 Å². The number of hydrogen-bond donors (Lipinski definition) is 2. The maximum atomic E-state index is 11.8. The Morgan fingerprint density at radius 1 is 1.65 bits per heavy atom. The number of carbonyl (C=O) groups excluding carboxylic acids is 1. The number of carbonyl (C=O) groups is 1. The van der Waals surface area contributed by atoms with Gasteiger partial charge in [0.05, 0.1) is 5.03 Å². The van der Waals surface area contributed by atoms with Crippen molar-refractivity contribution in [3.63, 3.8) is 0 Å². The molecule has 1 aromatic rings. The van der Waals surface area contributed by atoms with E-state index in [1.165, 1.54) is 0 Å². The molecule has 4 nitrogen and oxygen atoms in total. The summed E-state index contributed by atoms with van der Waals surface area (Å²) in [5, 5.41) is 4.19. The SMILES string of the molecule is CNC1(C(N)=O)CCCC1CCSc1ccc(Br)cn1. The molecule has 110 valence electrons. The van der Waals surface area contributed by atoms with Crippen LogP contribution in [0, 0.1) is 5.92 Å². The van der Waals surface area contributed by atoms with Crippen LogP contribution in [0.2, 0.25) is 0 Å². The van der Waals surface area contributed by atoms with Crippen LogP contribution in [0.3, 0.4) is 0 Å². The van der Waals surface area contributed by atoms with E-state index < -0.39 is 5.54 Å². The fraction of sp³-hybridized carbons (Fsp3) is 0.571. The monoisotopic (exact) mass is 357 g/mol. The minimum Gasteiger partial charge on any atom is -0.368 e. The lowest BCUT2D eigenvalue weighted by Gasteiger charge is -2.32. The van der Waals surface area contributed by atoms with Gasteiger partial charge < -0.3 is 11.1 Å². The third-order valence-electron chi connectivity index (χ3n) is 4.12. The number of halogens is 1. The molecule has 0 bridgehead atoms. The van der Waals surface area contributed by atoms with Crippen molar-refractivity contribution in [2.24, 2.45) is 11.7 Å². The summed E-state index contributed by atoms with van der Waals surface area (Å²) in [6.45, 7) is 0. The quantitative estimate of drug-likeness (QED) is 0.767. The fourth-order valence-corrected chi connectivity index (χ4v) is 4.14. The van der Waals surface area contributed by atoms with Gasteiger partial charge in [-0.25, -0.2) is 4.98 Å². The highest BCUT2D eigenvalue weighted by molar-refractivity contribution is 9.10. The summed E-state index contributed by atoms with van der Waals surface area (Å²) in [6.07, 6.45) is 5.77. The minimum atomic E-state index is -0.506. The molecule has 3 N–H and O–H groups in total. The number of nitrogens with zero attached hydrogens (tertiary/aromatic N) is 1. The van der Waals surface area contributed by atoms with E-state index in [0.29, 0.717) is 5.92 Å². The maximum Gasteiger partial charge on any atom is 0.238 e. The van der Waals surface area contributed by atoms with Crippen LogP contribution in [-0.2, 0) is 4.79 Å². The Bertz CT molecular complexity index is 468. The summed E-state index contributed by atoms with van der Waals surface area (Å²) in [4.78, 5) is 16.1. The molecule has 0 spiro atoms. The predicted octanol–water partition coefficient (Wildman–Crippen LogP) is 2.57. The average Bonchev–Trinajstić information content (AvgIpc) is 2.85. The Hall–Kier alpha value is -0.590. The van der Waals surface area contributed by atoms with E-state index >= 15 is 0 Å². The van der Waals surface area contributed by atoms with Crippen molar-refractivity contribution >= 4 is 33.6 Å². The second-order valence-corrected chi connectivity index (χ2v) is 7.16. The van der Waals surface area contributed by atoms with Crippen molar-refractivity contribution in [1.82, 2.24) is 10.3 Å². The maximum absolute atomic E-state index is 11.8. The molecule has 1 heterocycles. The van der Waals surface area contributed by atoms with E-state index in [9.17, 15) is 4.79 Å². The molecule has 1 fully saturated rings. The summed E-state index contributed by atoms with van der Waals surface area (Å²) in [6, 6.07) is 4.00. The number of pyridine rings is 1. The highest BCUT2D eigenvalue weighted by Crippen LogP contribution is 2.38. The number of thioether (sulfide) groups is 1. The number of hydrogen-bond acceptors (Lipinski definition) is 4. The summed E-state index contributed by atoms with van der Waals surface area (Å²) in [5.41, 5.74) is 5.10. The Morgan fingerprint density at radius 3 is 3.05 bits per heavy atom.